The molecule has 6 nitrogen and oxygen atoms in total. The van der Waals surface area contributed by atoms with Crippen LogP contribution in [0.25, 0.3) is 0 Å². The topological polar surface area (TPSA) is 93.1 Å². The van der Waals surface area contributed by atoms with Crippen LogP contribution in [-0.4, -0.2) is 41.3 Å². The molecule has 6 heteroatoms. The number of carboxylic acids is 1. The molecule has 2 aromatic carbocycles. The summed E-state index contributed by atoms with van der Waals surface area (Å²) in [4.78, 5) is 23.3. The number of aliphatic carboxylic acids is 1. The van der Waals surface area contributed by atoms with E-state index in [9.17, 15) is 9.59 Å². The van der Waals surface area contributed by atoms with Gasteiger partial charge in [0.15, 0.2) is 18.5 Å². The second-order valence-corrected chi connectivity index (χ2v) is 5.70. The summed E-state index contributed by atoms with van der Waals surface area (Å²) in [5, 5.41) is 18.2. The van der Waals surface area contributed by atoms with Crippen molar-refractivity contribution in [2.24, 2.45) is 0 Å². The van der Waals surface area contributed by atoms with Gasteiger partial charge in [-0.1, -0.05) is 30.3 Å². The zero-order valence-corrected chi connectivity index (χ0v) is 14.6. The fourth-order valence-electron chi connectivity index (χ4n) is 2.43. The van der Waals surface area contributed by atoms with Crippen LogP contribution < -0.4 is 4.74 Å². The monoisotopic (exact) mass is 358 g/mol. The Morgan fingerprint density at radius 3 is 2.42 bits per heavy atom. The number of carboxylic acid groups (broad SMARTS) is 1. The number of carbonyl (C=O) groups is 2. The number of aliphatic hydroxyl groups excluding tert-OH is 1. The van der Waals surface area contributed by atoms with E-state index < -0.39 is 12.1 Å². The average Bonchev–Trinajstić information content (AvgIpc) is 2.66. The molecule has 0 aliphatic carbocycles. The number of Topliss-reactive ketones (excluding diaryl/α,β-unsaturated/α-hetero) is 1. The second-order valence-electron chi connectivity index (χ2n) is 5.70. The van der Waals surface area contributed by atoms with Crippen molar-refractivity contribution >= 4 is 11.8 Å². The molecule has 0 aromatic heterocycles. The van der Waals surface area contributed by atoms with Gasteiger partial charge in [0, 0.05) is 18.6 Å². The maximum absolute atomic E-state index is 12.2. The number of benzene rings is 2. The highest BCUT2D eigenvalue weighted by molar-refractivity contribution is 5.97. The molecule has 0 amide bonds. The summed E-state index contributed by atoms with van der Waals surface area (Å²) in [6, 6.07) is 13.6. The third kappa shape index (κ3) is 5.68. The zero-order valence-electron chi connectivity index (χ0n) is 14.6. The first-order chi connectivity index (χ1) is 12.5. The Bertz CT molecular complexity index is 738. The van der Waals surface area contributed by atoms with E-state index in [1.165, 1.54) is 0 Å². The zero-order chi connectivity index (χ0) is 18.9. The Balaban J connectivity index is 1.92. The molecule has 0 radical (unpaired) electrons. The predicted molar refractivity (Wildman–Crippen MR) is 95.4 cm³/mol. The lowest BCUT2D eigenvalue weighted by molar-refractivity contribution is -0.149. The lowest BCUT2D eigenvalue weighted by atomic mass is 10.1. The normalized spacial score (nSPS) is 11.8. The Labute approximate surface area is 152 Å². The minimum Gasteiger partial charge on any atom is -0.485 e. The molecule has 0 unspecified atom stereocenters. The van der Waals surface area contributed by atoms with E-state index in [4.69, 9.17) is 19.7 Å². The van der Waals surface area contributed by atoms with Crippen molar-refractivity contribution in [1.82, 2.24) is 0 Å². The lowest BCUT2D eigenvalue weighted by Crippen LogP contribution is -2.26. The van der Waals surface area contributed by atoms with E-state index in [0.29, 0.717) is 23.5 Å². The first kappa shape index (κ1) is 19.6. The smallest absolute Gasteiger partial charge is 0.333 e. The maximum Gasteiger partial charge on any atom is 0.333 e. The molecule has 0 aliphatic heterocycles. The molecule has 0 heterocycles. The molecule has 0 saturated heterocycles. The van der Waals surface area contributed by atoms with E-state index in [0.717, 1.165) is 5.56 Å². The number of rotatable bonds is 10. The SMILES string of the molecule is CCO[C@H](Cc1ccc(OCC(=O)c2cccc(CO)c2)cc1)C(=O)O. The van der Waals surface area contributed by atoms with E-state index >= 15 is 0 Å². The van der Waals surface area contributed by atoms with Crippen molar-refractivity contribution in [2.75, 3.05) is 13.2 Å². The van der Waals surface area contributed by atoms with Crippen molar-refractivity contribution in [3.05, 3.63) is 65.2 Å². The summed E-state index contributed by atoms with van der Waals surface area (Å²) in [5.74, 6) is -0.668. The van der Waals surface area contributed by atoms with Crippen LogP contribution in [0.15, 0.2) is 48.5 Å². The van der Waals surface area contributed by atoms with Gasteiger partial charge in [0.2, 0.25) is 0 Å². The fraction of sp³-hybridized carbons (Fsp3) is 0.300. The summed E-state index contributed by atoms with van der Waals surface area (Å²) in [5.41, 5.74) is 1.96. The van der Waals surface area contributed by atoms with Gasteiger partial charge in [0.1, 0.15) is 5.75 Å². The summed E-state index contributed by atoms with van der Waals surface area (Å²) < 4.78 is 10.7. The summed E-state index contributed by atoms with van der Waals surface area (Å²) in [6.07, 6.45) is -0.622. The molecular formula is C20H22O6. The number of carbonyl (C=O) groups excluding carboxylic acids is 1. The van der Waals surface area contributed by atoms with Crippen LogP contribution in [0.3, 0.4) is 0 Å². The van der Waals surface area contributed by atoms with E-state index in [2.05, 4.69) is 0 Å². The number of aliphatic hydroxyl groups is 1. The molecular weight excluding hydrogens is 336 g/mol. The average molecular weight is 358 g/mol. The highest BCUT2D eigenvalue weighted by atomic mass is 16.5. The summed E-state index contributed by atoms with van der Waals surface area (Å²) >= 11 is 0. The Morgan fingerprint density at radius 2 is 1.81 bits per heavy atom. The molecule has 1 atom stereocenters. The molecule has 0 bridgehead atoms. The molecule has 0 spiro atoms. The van der Waals surface area contributed by atoms with Crippen LogP contribution >= 0.6 is 0 Å². The van der Waals surface area contributed by atoms with Crippen molar-refractivity contribution in [2.45, 2.75) is 26.1 Å². The highest BCUT2D eigenvalue weighted by Gasteiger charge is 2.17. The third-order valence-electron chi connectivity index (χ3n) is 3.79. The van der Waals surface area contributed by atoms with Crippen LogP contribution in [0.2, 0.25) is 0 Å². The third-order valence-corrected chi connectivity index (χ3v) is 3.79. The number of hydrogen-bond acceptors (Lipinski definition) is 5. The van der Waals surface area contributed by atoms with Crippen LogP contribution in [0, 0.1) is 0 Å². The van der Waals surface area contributed by atoms with Crippen molar-refractivity contribution in [1.29, 1.82) is 0 Å². The maximum atomic E-state index is 12.2. The minimum absolute atomic E-state index is 0.120. The number of ether oxygens (including phenoxy) is 2. The van der Waals surface area contributed by atoms with Crippen LogP contribution in [0.1, 0.15) is 28.4 Å². The quantitative estimate of drug-likeness (QED) is 0.634. The van der Waals surface area contributed by atoms with Crippen LogP contribution in [0.4, 0.5) is 0 Å². The van der Waals surface area contributed by atoms with Gasteiger partial charge in [0.25, 0.3) is 0 Å². The molecule has 2 aromatic rings. The highest BCUT2D eigenvalue weighted by Crippen LogP contribution is 2.15. The van der Waals surface area contributed by atoms with Gasteiger partial charge in [-0.05, 0) is 36.2 Å². The Hall–Kier alpha value is -2.70. The Morgan fingerprint density at radius 1 is 1.08 bits per heavy atom. The summed E-state index contributed by atoms with van der Waals surface area (Å²) in [6.45, 7) is 1.84. The lowest BCUT2D eigenvalue weighted by Gasteiger charge is -2.13. The van der Waals surface area contributed by atoms with E-state index in [1.54, 1.807) is 55.5 Å². The molecule has 0 fully saturated rings. The minimum atomic E-state index is -0.997. The molecule has 138 valence electrons. The molecule has 2 rings (SSSR count). The standard InChI is InChI=1S/C20H22O6/c1-2-25-19(20(23)24)11-14-6-8-17(9-7-14)26-13-18(22)16-5-3-4-15(10-16)12-21/h3-10,19,21H,2,11-13H2,1H3,(H,23,24)/t19-/m1/s1. The fourth-order valence-corrected chi connectivity index (χ4v) is 2.43. The van der Waals surface area contributed by atoms with Gasteiger partial charge in [-0.2, -0.15) is 0 Å². The van der Waals surface area contributed by atoms with Gasteiger partial charge in [-0.25, -0.2) is 4.79 Å². The Kier molecular flexibility index (Phi) is 7.32. The van der Waals surface area contributed by atoms with Crippen molar-refractivity contribution in [3.63, 3.8) is 0 Å². The van der Waals surface area contributed by atoms with Crippen molar-refractivity contribution < 1.29 is 29.3 Å². The summed E-state index contributed by atoms with van der Waals surface area (Å²) in [7, 11) is 0. The molecule has 0 saturated carbocycles. The van der Waals surface area contributed by atoms with Gasteiger partial charge >= 0.3 is 5.97 Å². The predicted octanol–water partition coefficient (Wildman–Crippen LogP) is 2.47. The van der Waals surface area contributed by atoms with Crippen LogP contribution in [0.5, 0.6) is 5.75 Å². The number of hydrogen-bond donors (Lipinski definition) is 2. The van der Waals surface area contributed by atoms with Gasteiger partial charge in [-0.15, -0.1) is 0 Å². The largest absolute Gasteiger partial charge is 0.485 e. The number of ketones is 1. The first-order valence-corrected chi connectivity index (χ1v) is 8.32. The van der Waals surface area contributed by atoms with E-state index in [1.807, 2.05) is 0 Å². The van der Waals surface area contributed by atoms with Gasteiger partial charge < -0.3 is 19.7 Å². The first-order valence-electron chi connectivity index (χ1n) is 8.32. The van der Waals surface area contributed by atoms with Gasteiger partial charge in [-0.3, -0.25) is 4.79 Å². The molecule has 0 aliphatic rings. The molecule has 2 N–H and O–H groups in total. The second kappa shape index (κ2) is 9.70. The molecule has 26 heavy (non-hydrogen) atoms. The van der Waals surface area contributed by atoms with Crippen LogP contribution in [-0.2, 0) is 22.6 Å². The van der Waals surface area contributed by atoms with Gasteiger partial charge in [0.05, 0.1) is 6.61 Å². The van der Waals surface area contributed by atoms with Crippen molar-refractivity contribution in [3.8, 4) is 5.75 Å². The van der Waals surface area contributed by atoms with E-state index in [-0.39, 0.29) is 25.4 Å².